The molecule has 0 aromatic heterocycles. The normalized spacial score (nSPS) is 11.1. The Kier molecular flexibility index (Phi) is 6.06. The highest BCUT2D eigenvalue weighted by atomic mass is 35.5. The summed E-state index contributed by atoms with van der Waals surface area (Å²) in [6, 6.07) is 12.5. The molecule has 0 unspecified atom stereocenters. The van der Waals surface area contributed by atoms with Crippen molar-refractivity contribution in [2.75, 3.05) is 14.2 Å². The van der Waals surface area contributed by atoms with E-state index in [1.807, 2.05) is 24.3 Å². The molecule has 112 valence electrons. The summed E-state index contributed by atoms with van der Waals surface area (Å²) in [5.41, 5.74) is 1.47. The molecule has 0 aliphatic heterocycles. The van der Waals surface area contributed by atoms with Crippen LogP contribution in [0.3, 0.4) is 0 Å². The summed E-state index contributed by atoms with van der Waals surface area (Å²) >= 11 is 7.55. The predicted octanol–water partition coefficient (Wildman–Crippen LogP) is 5.06. The van der Waals surface area contributed by atoms with E-state index in [4.69, 9.17) is 21.1 Å². The van der Waals surface area contributed by atoms with Gasteiger partial charge in [0.05, 0.1) is 0 Å². The van der Waals surface area contributed by atoms with Crippen LogP contribution in [0.25, 0.3) is 0 Å². The van der Waals surface area contributed by atoms with Crippen molar-refractivity contribution in [3.05, 3.63) is 64.4 Å². The number of rotatable bonds is 6. The van der Waals surface area contributed by atoms with Crippen LogP contribution in [0.1, 0.15) is 17.4 Å². The lowest BCUT2D eigenvalue weighted by molar-refractivity contribution is -0.106. The molecule has 0 bridgehead atoms. The summed E-state index contributed by atoms with van der Waals surface area (Å²) in [6.07, 6.45) is -0.370. The fraction of sp³-hybridized carbons (Fsp3) is 0.250. The lowest BCUT2D eigenvalue weighted by Crippen LogP contribution is -2.02. The van der Waals surface area contributed by atoms with Gasteiger partial charge in [-0.1, -0.05) is 29.8 Å². The first kappa shape index (κ1) is 16.3. The van der Waals surface area contributed by atoms with E-state index in [2.05, 4.69) is 0 Å². The first-order valence-electron chi connectivity index (χ1n) is 6.37. The zero-order valence-corrected chi connectivity index (χ0v) is 13.4. The van der Waals surface area contributed by atoms with Crippen molar-refractivity contribution in [1.29, 1.82) is 0 Å². The molecule has 0 heterocycles. The fourth-order valence-electron chi connectivity index (χ4n) is 1.92. The molecular formula is C16H16ClFO2S. The third-order valence-electron chi connectivity index (χ3n) is 3.03. The largest absolute Gasteiger partial charge is 0.352 e. The van der Waals surface area contributed by atoms with E-state index in [0.29, 0.717) is 16.3 Å². The first-order chi connectivity index (χ1) is 10.2. The number of ether oxygens (including phenoxy) is 2. The molecule has 21 heavy (non-hydrogen) atoms. The van der Waals surface area contributed by atoms with Crippen LogP contribution in [0.2, 0.25) is 5.02 Å². The minimum Gasteiger partial charge on any atom is -0.352 e. The molecule has 0 saturated heterocycles. The van der Waals surface area contributed by atoms with E-state index < -0.39 is 0 Å². The van der Waals surface area contributed by atoms with E-state index in [9.17, 15) is 4.39 Å². The topological polar surface area (TPSA) is 18.5 Å². The summed E-state index contributed by atoms with van der Waals surface area (Å²) in [4.78, 5) is 1.03. The first-order valence-corrected chi connectivity index (χ1v) is 7.73. The number of methoxy groups -OCH3 is 2. The van der Waals surface area contributed by atoms with Gasteiger partial charge in [0.2, 0.25) is 0 Å². The highest BCUT2D eigenvalue weighted by Gasteiger charge is 2.10. The van der Waals surface area contributed by atoms with Gasteiger partial charge in [-0.3, -0.25) is 0 Å². The average Bonchev–Trinajstić information content (AvgIpc) is 2.49. The SMILES string of the molecule is COC(OC)c1ccc(SCc2c(F)cccc2Cl)cc1. The molecule has 0 aliphatic carbocycles. The standard InChI is InChI=1S/C16H16ClFO2S/c1-19-16(20-2)11-6-8-12(9-7-11)21-10-13-14(17)4-3-5-15(13)18/h3-9,16H,10H2,1-2H3. The maximum absolute atomic E-state index is 13.7. The van der Waals surface area contributed by atoms with E-state index in [-0.39, 0.29) is 12.1 Å². The van der Waals surface area contributed by atoms with Gasteiger partial charge in [-0.05, 0) is 24.3 Å². The van der Waals surface area contributed by atoms with Crippen LogP contribution in [-0.4, -0.2) is 14.2 Å². The second-order valence-corrected chi connectivity index (χ2v) is 5.82. The molecule has 0 spiro atoms. The fourth-order valence-corrected chi connectivity index (χ4v) is 3.16. The second-order valence-electron chi connectivity index (χ2n) is 4.36. The maximum Gasteiger partial charge on any atom is 0.183 e. The van der Waals surface area contributed by atoms with Gasteiger partial charge in [-0.15, -0.1) is 11.8 Å². The molecule has 2 aromatic carbocycles. The van der Waals surface area contributed by atoms with Gasteiger partial charge in [-0.25, -0.2) is 4.39 Å². The van der Waals surface area contributed by atoms with E-state index >= 15 is 0 Å². The Morgan fingerprint density at radius 3 is 2.33 bits per heavy atom. The molecule has 0 radical (unpaired) electrons. The van der Waals surface area contributed by atoms with Crippen molar-refractivity contribution in [3.63, 3.8) is 0 Å². The Hall–Kier alpha value is -1.07. The van der Waals surface area contributed by atoms with E-state index in [1.165, 1.54) is 17.8 Å². The Morgan fingerprint density at radius 1 is 1.10 bits per heavy atom. The maximum atomic E-state index is 13.7. The Morgan fingerprint density at radius 2 is 1.76 bits per heavy atom. The minimum absolute atomic E-state index is 0.273. The third kappa shape index (κ3) is 4.20. The quantitative estimate of drug-likeness (QED) is 0.546. The summed E-state index contributed by atoms with van der Waals surface area (Å²) in [5.74, 6) is 0.216. The summed E-state index contributed by atoms with van der Waals surface area (Å²) < 4.78 is 24.1. The summed E-state index contributed by atoms with van der Waals surface area (Å²) in [5, 5.41) is 0.456. The zero-order chi connectivity index (χ0) is 15.2. The van der Waals surface area contributed by atoms with Crippen molar-refractivity contribution >= 4 is 23.4 Å². The number of hydrogen-bond acceptors (Lipinski definition) is 3. The Labute approximate surface area is 133 Å². The summed E-state index contributed by atoms with van der Waals surface area (Å²) in [6.45, 7) is 0. The van der Waals surface area contributed by atoms with Gasteiger partial charge in [0.25, 0.3) is 0 Å². The number of hydrogen-bond donors (Lipinski definition) is 0. The Balaban J connectivity index is 2.04. The molecule has 2 nitrogen and oxygen atoms in total. The Bertz CT molecular complexity index is 565. The minimum atomic E-state index is -0.370. The number of benzene rings is 2. The van der Waals surface area contributed by atoms with Crippen LogP contribution in [-0.2, 0) is 15.2 Å². The van der Waals surface area contributed by atoms with Gasteiger partial charge in [0.1, 0.15) is 5.82 Å². The molecule has 0 N–H and O–H groups in total. The molecule has 0 amide bonds. The average molecular weight is 327 g/mol. The predicted molar refractivity (Wildman–Crippen MR) is 84.2 cm³/mol. The lowest BCUT2D eigenvalue weighted by atomic mass is 10.2. The molecule has 2 aromatic rings. The van der Waals surface area contributed by atoms with Gasteiger partial charge in [0.15, 0.2) is 6.29 Å². The van der Waals surface area contributed by atoms with Crippen molar-refractivity contribution in [3.8, 4) is 0 Å². The summed E-state index contributed by atoms with van der Waals surface area (Å²) in [7, 11) is 3.19. The van der Waals surface area contributed by atoms with Gasteiger partial charge < -0.3 is 9.47 Å². The van der Waals surface area contributed by atoms with Crippen LogP contribution < -0.4 is 0 Å². The van der Waals surface area contributed by atoms with Gasteiger partial charge in [-0.2, -0.15) is 0 Å². The van der Waals surface area contributed by atoms with Crippen molar-refractivity contribution in [2.45, 2.75) is 16.9 Å². The smallest absolute Gasteiger partial charge is 0.183 e. The van der Waals surface area contributed by atoms with E-state index in [0.717, 1.165) is 10.5 Å². The highest BCUT2D eigenvalue weighted by Crippen LogP contribution is 2.29. The monoisotopic (exact) mass is 326 g/mol. The van der Waals surface area contributed by atoms with Crippen molar-refractivity contribution in [2.24, 2.45) is 0 Å². The van der Waals surface area contributed by atoms with Gasteiger partial charge in [0, 0.05) is 41.0 Å². The molecule has 5 heteroatoms. The molecular weight excluding hydrogens is 311 g/mol. The van der Waals surface area contributed by atoms with Crippen molar-refractivity contribution < 1.29 is 13.9 Å². The molecule has 2 rings (SSSR count). The third-order valence-corrected chi connectivity index (χ3v) is 4.42. The lowest BCUT2D eigenvalue weighted by Gasteiger charge is -2.14. The van der Waals surface area contributed by atoms with Crippen LogP contribution in [0.4, 0.5) is 4.39 Å². The van der Waals surface area contributed by atoms with Crippen molar-refractivity contribution in [1.82, 2.24) is 0 Å². The highest BCUT2D eigenvalue weighted by molar-refractivity contribution is 7.98. The van der Waals surface area contributed by atoms with Crippen LogP contribution in [0, 0.1) is 5.82 Å². The second kappa shape index (κ2) is 7.80. The molecule has 0 atom stereocenters. The van der Waals surface area contributed by atoms with Gasteiger partial charge >= 0.3 is 0 Å². The molecule has 0 saturated carbocycles. The zero-order valence-electron chi connectivity index (χ0n) is 11.8. The van der Waals surface area contributed by atoms with Crippen LogP contribution in [0.5, 0.6) is 0 Å². The molecule has 0 fully saturated rings. The number of halogens is 2. The van der Waals surface area contributed by atoms with Crippen LogP contribution >= 0.6 is 23.4 Å². The molecule has 0 aliphatic rings. The van der Waals surface area contributed by atoms with E-state index in [1.54, 1.807) is 26.4 Å². The number of thioether (sulfide) groups is 1. The van der Waals surface area contributed by atoms with Crippen LogP contribution in [0.15, 0.2) is 47.4 Å².